The van der Waals surface area contributed by atoms with Gasteiger partial charge in [-0.15, -0.1) is 0 Å². The van der Waals surface area contributed by atoms with Gasteiger partial charge in [-0.05, 0) is 30.3 Å². The van der Waals surface area contributed by atoms with E-state index in [0.29, 0.717) is 6.41 Å². The number of nitrogens with one attached hydrogen (secondary N) is 1. The smallest absolute Gasteiger partial charge is 0.211 e. The molecule has 1 aromatic heterocycles. The van der Waals surface area contributed by atoms with Crippen LogP contribution in [0.15, 0.2) is 48.5 Å². The van der Waals surface area contributed by atoms with E-state index in [-0.39, 0.29) is 0 Å². The molecule has 0 bridgehead atoms. The van der Waals surface area contributed by atoms with E-state index in [1.807, 2.05) is 42.5 Å². The Kier molecular flexibility index (Phi) is 2.22. The average molecular weight is 222 g/mol. The van der Waals surface area contributed by atoms with Gasteiger partial charge >= 0.3 is 0 Å². The Bertz CT molecular complexity index is 707. The zero-order valence-electron chi connectivity index (χ0n) is 9.05. The van der Waals surface area contributed by atoms with Gasteiger partial charge in [-0.1, -0.05) is 18.2 Å². The molecule has 2 aromatic carbocycles. The summed E-state index contributed by atoms with van der Waals surface area (Å²) < 4.78 is 0. The Morgan fingerprint density at radius 1 is 0.941 bits per heavy atom. The van der Waals surface area contributed by atoms with E-state index in [1.165, 1.54) is 0 Å². The van der Waals surface area contributed by atoms with Gasteiger partial charge in [-0.3, -0.25) is 4.79 Å². The molecule has 0 saturated heterocycles. The number of fused-ring (bicyclic) bond motifs is 2. The summed E-state index contributed by atoms with van der Waals surface area (Å²) >= 11 is 0. The van der Waals surface area contributed by atoms with Gasteiger partial charge in [0.05, 0.1) is 11.0 Å². The molecule has 0 radical (unpaired) electrons. The molecule has 82 valence electrons. The van der Waals surface area contributed by atoms with Crippen molar-refractivity contribution in [2.24, 2.45) is 0 Å². The minimum Gasteiger partial charge on any atom is -0.329 e. The third-order valence-electron chi connectivity index (χ3n) is 2.74. The van der Waals surface area contributed by atoms with E-state index in [1.54, 1.807) is 0 Å². The lowest BCUT2D eigenvalue weighted by Crippen LogP contribution is -1.93. The molecule has 1 amide bonds. The van der Waals surface area contributed by atoms with Gasteiger partial charge in [0.25, 0.3) is 0 Å². The summed E-state index contributed by atoms with van der Waals surface area (Å²) in [5, 5.41) is 4.76. The average Bonchev–Trinajstić information content (AvgIpc) is 2.36. The minimum absolute atomic E-state index is 0.676. The largest absolute Gasteiger partial charge is 0.329 e. The fourth-order valence-electron chi connectivity index (χ4n) is 1.94. The molecule has 1 N–H and O–H groups in total. The van der Waals surface area contributed by atoms with Crippen LogP contribution in [-0.2, 0) is 4.79 Å². The van der Waals surface area contributed by atoms with Crippen LogP contribution in [0.25, 0.3) is 21.8 Å². The van der Waals surface area contributed by atoms with Crippen molar-refractivity contribution in [1.29, 1.82) is 0 Å². The molecule has 0 atom stereocenters. The lowest BCUT2D eigenvalue weighted by molar-refractivity contribution is -0.105. The molecule has 3 nitrogen and oxygen atoms in total. The summed E-state index contributed by atoms with van der Waals surface area (Å²) in [6.07, 6.45) is 0.676. The van der Waals surface area contributed by atoms with E-state index in [4.69, 9.17) is 0 Å². The van der Waals surface area contributed by atoms with Crippen molar-refractivity contribution in [1.82, 2.24) is 4.98 Å². The van der Waals surface area contributed by atoms with Crippen LogP contribution in [0.3, 0.4) is 0 Å². The second-order valence-electron chi connectivity index (χ2n) is 3.85. The molecule has 0 aliphatic carbocycles. The zero-order valence-corrected chi connectivity index (χ0v) is 9.05. The van der Waals surface area contributed by atoms with Crippen molar-refractivity contribution in [3.05, 3.63) is 48.5 Å². The van der Waals surface area contributed by atoms with Crippen LogP contribution in [-0.4, -0.2) is 11.4 Å². The minimum atomic E-state index is 0.676. The first kappa shape index (κ1) is 9.78. The molecule has 17 heavy (non-hydrogen) atoms. The third kappa shape index (κ3) is 1.72. The SMILES string of the molecule is O=CNc1ccc2nc3ccccc3cc2c1. The quantitative estimate of drug-likeness (QED) is 0.535. The molecule has 0 fully saturated rings. The summed E-state index contributed by atoms with van der Waals surface area (Å²) in [5.74, 6) is 0. The molecule has 0 aliphatic rings. The lowest BCUT2D eigenvalue weighted by Gasteiger charge is -2.03. The predicted molar refractivity (Wildman–Crippen MR) is 68.9 cm³/mol. The molecule has 0 unspecified atom stereocenters. The Hall–Kier alpha value is -2.42. The van der Waals surface area contributed by atoms with Crippen LogP contribution >= 0.6 is 0 Å². The van der Waals surface area contributed by atoms with Crippen LogP contribution in [0.4, 0.5) is 5.69 Å². The molecule has 3 aromatic rings. The van der Waals surface area contributed by atoms with Gasteiger partial charge in [0.15, 0.2) is 0 Å². The number of para-hydroxylation sites is 1. The van der Waals surface area contributed by atoms with Crippen molar-refractivity contribution in [2.75, 3.05) is 5.32 Å². The number of pyridine rings is 1. The van der Waals surface area contributed by atoms with Crippen LogP contribution in [0, 0.1) is 0 Å². The maximum Gasteiger partial charge on any atom is 0.211 e. The summed E-state index contributed by atoms with van der Waals surface area (Å²) in [6.45, 7) is 0. The number of carbonyl (C=O) groups is 1. The Morgan fingerprint density at radius 3 is 2.65 bits per heavy atom. The fourth-order valence-corrected chi connectivity index (χ4v) is 1.94. The van der Waals surface area contributed by atoms with Crippen molar-refractivity contribution in [3.8, 4) is 0 Å². The maximum absolute atomic E-state index is 10.4. The highest BCUT2D eigenvalue weighted by molar-refractivity contribution is 5.94. The molecule has 0 spiro atoms. The number of hydrogen-bond acceptors (Lipinski definition) is 2. The number of anilines is 1. The first-order chi connectivity index (χ1) is 8.36. The highest BCUT2D eigenvalue weighted by Crippen LogP contribution is 2.22. The number of nitrogens with zero attached hydrogens (tertiary/aromatic N) is 1. The predicted octanol–water partition coefficient (Wildman–Crippen LogP) is 2.96. The van der Waals surface area contributed by atoms with Gasteiger partial charge in [0.1, 0.15) is 0 Å². The molecule has 0 saturated carbocycles. The summed E-state index contributed by atoms with van der Waals surface area (Å²) in [5.41, 5.74) is 2.70. The first-order valence-electron chi connectivity index (χ1n) is 5.36. The van der Waals surface area contributed by atoms with Crippen molar-refractivity contribution >= 4 is 33.9 Å². The molecule has 0 aliphatic heterocycles. The van der Waals surface area contributed by atoms with Crippen molar-refractivity contribution < 1.29 is 4.79 Å². The van der Waals surface area contributed by atoms with E-state index < -0.39 is 0 Å². The van der Waals surface area contributed by atoms with E-state index in [9.17, 15) is 4.79 Å². The Balaban J connectivity index is 2.28. The van der Waals surface area contributed by atoms with Crippen LogP contribution in [0.1, 0.15) is 0 Å². The Labute approximate surface area is 98.1 Å². The van der Waals surface area contributed by atoms with E-state index in [2.05, 4.69) is 16.4 Å². The monoisotopic (exact) mass is 222 g/mol. The van der Waals surface area contributed by atoms with Crippen molar-refractivity contribution in [2.45, 2.75) is 0 Å². The second kappa shape index (κ2) is 3.87. The summed E-state index contributed by atoms with van der Waals surface area (Å²) in [4.78, 5) is 15.0. The van der Waals surface area contributed by atoms with Gasteiger partial charge in [-0.2, -0.15) is 0 Å². The number of hydrogen-bond donors (Lipinski definition) is 1. The van der Waals surface area contributed by atoms with Crippen LogP contribution < -0.4 is 5.32 Å². The molecule has 1 heterocycles. The molecular formula is C14H10N2O. The number of carbonyl (C=O) groups excluding carboxylic acids is 1. The third-order valence-corrected chi connectivity index (χ3v) is 2.74. The van der Waals surface area contributed by atoms with Crippen molar-refractivity contribution in [3.63, 3.8) is 0 Å². The highest BCUT2D eigenvalue weighted by atomic mass is 16.1. The summed E-state index contributed by atoms with van der Waals surface area (Å²) in [6, 6.07) is 15.7. The van der Waals surface area contributed by atoms with Gasteiger partial charge < -0.3 is 5.32 Å². The fraction of sp³-hybridized carbons (Fsp3) is 0. The normalized spacial score (nSPS) is 10.6. The van der Waals surface area contributed by atoms with Crippen LogP contribution in [0.5, 0.6) is 0 Å². The highest BCUT2D eigenvalue weighted by Gasteiger charge is 2.00. The topological polar surface area (TPSA) is 42.0 Å². The van der Waals surface area contributed by atoms with E-state index >= 15 is 0 Å². The van der Waals surface area contributed by atoms with Gasteiger partial charge in [0, 0.05) is 16.5 Å². The standard InChI is InChI=1S/C14H10N2O/c17-9-15-12-5-6-14-11(8-12)7-10-3-1-2-4-13(10)16-14/h1-9H,(H,15,17). The number of rotatable bonds is 2. The van der Waals surface area contributed by atoms with Gasteiger partial charge in [0.2, 0.25) is 6.41 Å². The second-order valence-corrected chi connectivity index (χ2v) is 3.85. The van der Waals surface area contributed by atoms with E-state index in [0.717, 1.165) is 27.5 Å². The maximum atomic E-state index is 10.4. The molecule has 3 heteroatoms. The molecule has 3 rings (SSSR count). The first-order valence-corrected chi connectivity index (χ1v) is 5.36. The Morgan fingerprint density at radius 2 is 1.76 bits per heavy atom. The summed E-state index contributed by atoms with van der Waals surface area (Å²) in [7, 11) is 0. The zero-order chi connectivity index (χ0) is 11.7. The van der Waals surface area contributed by atoms with Crippen LogP contribution in [0.2, 0.25) is 0 Å². The number of benzene rings is 2. The number of aromatic nitrogens is 1. The lowest BCUT2D eigenvalue weighted by atomic mass is 10.1. The molecular weight excluding hydrogens is 212 g/mol. The van der Waals surface area contributed by atoms with Gasteiger partial charge in [-0.25, -0.2) is 4.98 Å². The number of amides is 1.